The van der Waals surface area contributed by atoms with Crippen molar-refractivity contribution in [2.45, 2.75) is 64.7 Å². The summed E-state index contributed by atoms with van der Waals surface area (Å²) in [6, 6.07) is 27.4. The highest BCUT2D eigenvalue weighted by molar-refractivity contribution is 7.55. The van der Waals surface area contributed by atoms with Crippen LogP contribution in [0.15, 0.2) is 84.9 Å². The van der Waals surface area contributed by atoms with E-state index in [2.05, 4.69) is 29.2 Å². The number of esters is 1. The number of ether oxygens (including phenoxy) is 1. The Balaban J connectivity index is 1.81. The van der Waals surface area contributed by atoms with Gasteiger partial charge < -0.3 is 13.8 Å². The molecule has 1 aliphatic heterocycles. The summed E-state index contributed by atoms with van der Waals surface area (Å²) in [5.74, 6) is -0.382. The van der Waals surface area contributed by atoms with Crippen LogP contribution in [0.1, 0.15) is 63.4 Å². The van der Waals surface area contributed by atoms with Crippen LogP contribution in [-0.2, 0) is 18.4 Å². The van der Waals surface area contributed by atoms with Crippen molar-refractivity contribution in [3.05, 3.63) is 102 Å². The Morgan fingerprint density at radius 2 is 1.25 bits per heavy atom. The molecule has 7 heteroatoms. The lowest BCUT2D eigenvalue weighted by molar-refractivity contribution is -0.131. The quantitative estimate of drug-likeness (QED) is 0.126. The highest BCUT2D eigenvalue weighted by Crippen LogP contribution is 2.71. The van der Waals surface area contributed by atoms with Crippen LogP contribution in [-0.4, -0.2) is 28.9 Å². The molecule has 1 unspecified atom stereocenters. The standard InChI is InChI=1S/C29H34NO5P/c1-20(2)34-36(32,35-21(3)4)29-28(25-16-18-26(19-17-25)33-22(5)31)30(29)27(23-12-8-6-9-13-23)24-14-10-7-11-15-24/h6-21,27-29H,1-5H3/t28-,29+,30?/m0/s1. The van der Waals surface area contributed by atoms with Gasteiger partial charge in [-0.05, 0) is 56.5 Å². The van der Waals surface area contributed by atoms with Gasteiger partial charge in [0.05, 0.1) is 24.3 Å². The number of carbonyl (C=O) groups is 1. The van der Waals surface area contributed by atoms with Crippen molar-refractivity contribution in [3.8, 4) is 5.75 Å². The second-order valence-corrected chi connectivity index (χ2v) is 11.6. The smallest absolute Gasteiger partial charge is 0.350 e. The summed E-state index contributed by atoms with van der Waals surface area (Å²) in [4.78, 5) is 13.6. The molecule has 6 nitrogen and oxygen atoms in total. The third kappa shape index (κ3) is 5.96. The summed E-state index contributed by atoms with van der Waals surface area (Å²) in [5.41, 5.74) is 3.13. The Kier molecular flexibility index (Phi) is 8.11. The molecule has 0 radical (unpaired) electrons. The number of hydrogen-bond donors (Lipinski definition) is 0. The highest BCUT2D eigenvalue weighted by atomic mass is 31.2. The molecular weight excluding hydrogens is 473 g/mol. The summed E-state index contributed by atoms with van der Waals surface area (Å²) in [7, 11) is -3.56. The van der Waals surface area contributed by atoms with Crippen molar-refractivity contribution < 1.29 is 23.1 Å². The van der Waals surface area contributed by atoms with E-state index in [-0.39, 0.29) is 30.3 Å². The number of carbonyl (C=O) groups excluding carboxylic acids is 1. The van der Waals surface area contributed by atoms with Crippen LogP contribution in [0.2, 0.25) is 0 Å². The van der Waals surface area contributed by atoms with Gasteiger partial charge in [-0.1, -0.05) is 72.8 Å². The van der Waals surface area contributed by atoms with Gasteiger partial charge >= 0.3 is 13.6 Å². The monoisotopic (exact) mass is 507 g/mol. The Bertz CT molecular complexity index is 1140. The molecule has 190 valence electrons. The topological polar surface area (TPSA) is 64.8 Å². The second kappa shape index (κ2) is 11.1. The minimum absolute atomic E-state index is 0.157. The van der Waals surface area contributed by atoms with Crippen LogP contribution < -0.4 is 4.74 Å². The zero-order chi connectivity index (χ0) is 25.9. The molecular formula is C29H34NO5P. The summed E-state index contributed by atoms with van der Waals surface area (Å²) in [5, 5.41) is 0. The van der Waals surface area contributed by atoms with Crippen molar-refractivity contribution >= 4 is 13.6 Å². The zero-order valence-corrected chi connectivity index (χ0v) is 22.3. The molecule has 0 aromatic heterocycles. The molecule has 1 heterocycles. The summed E-state index contributed by atoms with van der Waals surface area (Å²) < 4.78 is 31.8. The maximum atomic E-state index is 14.4. The predicted octanol–water partition coefficient (Wildman–Crippen LogP) is 7.13. The molecule has 4 rings (SSSR count). The van der Waals surface area contributed by atoms with Gasteiger partial charge in [0.15, 0.2) is 0 Å². The predicted molar refractivity (Wildman–Crippen MR) is 141 cm³/mol. The number of nitrogens with zero attached hydrogens (tertiary/aromatic N) is 1. The van der Waals surface area contributed by atoms with Gasteiger partial charge in [0, 0.05) is 6.92 Å². The molecule has 3 atom stereocenters. The Morgan fingerprint density at radius 1 is 0.778 bits per heavy atom. The number of hydrogen-bond acceptors (Lipinski definition) is 6. The third-order valence-electron chi connectivity index (χ3n) is 5.87. The van der Waals surface area contributed by atoms with E-state index in [0.29, 0.717) is 5.75 Å². The maximum Gasteiger partial charge on any atom is 0.350 e. The van der Waals surface area contributed by atoms with Crippen molar-refractivity contribution in [1.29, 1.82) is 0 Å². The van der Waals surface area contributed by atoms with E-state index in [1.54, 1.807) is 12.1 Å². The zero-order valence-electron chi connectivity index (χ0n) is 21.4. The average Bonchev–Trinajstić information content (AvgIpc) is 3.56. The van der Waals surface area contributed by atoms with Gasteiger partial charge in [-0.3, -0.25) is 14.3 Å². The molecule has 3 aromatic carbocycles. The van der Waals surface area contributed by atoms with Gasteiger partial charge in [0.2, 0.25) is 0 Å². The number of benzene rings is 3. The summed E-state index contributed by atoms with van der Waals surface area (Å²) in [6.07, 6.45) is -0.535. The lowest BCUT2D eigenvalue weighted by Crippen LogP contribution is -2.18. The fourth-order valence-electron chi connectivity index (χ4n) is 4.67. The van der Waals surface area contributed by atoms with Crippen LogP contribution >= 0.6 is 7.60 Å². The average molecular weight is 508 g/mol. The molecule has 3 aromatic rings. The highest BCUT2D eigenvalue weighted by Gasteiger charge is 2.64. The van der Waals surface area contributed by atoms with Gasteiger partial charge in [0.1, 0.15) is 11.5 Å². The lowest BCUT2D eigenvalue weighted by Gasteiger charge is -2.25. The summed E-state index contributed by atoms with van der Waals surface area (Å²) >= 11 is 0. The molecule has 0 aliphatic carbocycles. The first kappa shape index (κ1) is 26.3. The van der Waals surface area contributed by atoms with E-state index in [1.165, 1.54) is 6.92 Å². The van der Waals surface area contributed by atoms with Gasteiger partial charge in [-0.2, -0.15) is 0 Å². The minimum atomic E-state index is -3.56. The van der Waals surface area contributed by atoms with Crippen LogP contribution in [0.4, 0.5) is 0 Å². The van der Waals surface area contributed by atoms with E-state index >= 15 is 0 Å². The van der Waals surface area contributed by atoms with E-state index in [4.69, 9.17) is 13.8 Å². The minimum Gasteiger partial charge on any atom is -0.427 e. The molecule has 1 saturated heterocycles. The Labute approximate surface area is 213 Å². The molecule has 0 saturated carbocycles. The van der Waals surface area contributed by atoms with Crippen molar-refractivity contribution in [2.75, 3.05) is 0 Å². The first-order chi connectivity index (χ1) is 17.2. The molecule has 0 amide bonds. The van der Waals surface area contributed by atoms with Crippen LogP contribution in [0.25, 0.3) is 0 Å². The van der Waals surface area contributed by atoms with Crippen LogP contribution in [0, 0.1) is 0 Å². The molecule has 1 aliphatic rings. The molecule has 0 N–H and O–H groups in total. The SMILES string of the molecule is CC(=O)Oc1ccc([C@H]2[C@@H](P(=O)(OC(C)C)OC(C)C)N2C(c2ccccc2)c2ccccc2)cc1. The Morgan fingerprint density at radius 3 is 1.67 bits per heavy atom. The molecule has 1 fully saturated rings. The van der Waals surface area contributed by atoms with Crippen LogP contribution in [0.5, 0.6) is 5.75 Å². The van der Waals surface area contributed by atoms with Gasteiger partial charge in [-0.25, -0.2) is 0 Å². The van der Waals surface area contributed by atoms with Crippen molar-refractivity contribution in [1.82, 2.24) is 4.90 Å². The van der Waals surface area contributed by atoms with Crippen molar-refractivity contribution in [3.63, 3.8) is 0 Å². The fraction of sp³-hybridized carbons (Fsp3) is 0.345. The van der Waals surface area contributed by atoms with E-state index in [9.17, 15) is 9.36 Å². The third-order valence-corrected chi connectivity index (χ3v) is 8.50. The van der Waals surface area contributed by atoms with Crippen molar-refractivity contribution in [2.24, 2.45) is 0 Å². The maximum absolute atomic E-state index is 14.4. The Hall–Kier alpha value is -2.76. The fourth-order valence-corrected chi connectivity index (χ4v) is 7.35. The first-order valence-corrected chi connectivity index (χ1v) is 13.9. The van der Waals surface area contributed by atoms with E-state index in [0.717, 1.165) is 16.7 Å². The van der Waals surface area contributed by atoms with E-state index in [1.807, 2.05) is 76.2 Å². The van der Waals surface area contributed by atoms with Crippen LogP contribution in [0.3, 0.4) is 0 Å². The second-order valence-electron chi connectivity index (χ2n) is 9.54. The normalized spacial score (nSPS) is 19.6. The molecule has 36 heavy (non-hydrogen) atoms. The largest absolute Gasteiger partial charge is 0.427 e. The first-order valence-electron chi connectivity index (χ1n) is 12.3. The van der Waals surface area contributed by atoms with Gasteiger partial charge in [0.25, 0.3) is 0 Å². The molecule has 0 bridgehead atoms. The lowest BCUT2D eigenvalue weighted by atomic mass is 9.98. The van der Waals surface area contributed by atoms with E-state index < -0.39 is 13.4 Å². The van der Waals surface area contributed by atoms with Gasteiger partial charge in [-0.15, -0.1) is 0 Å². The summed E-state index contributed by atoms with van der Waals surface area (Å²) in [6.45, 7) is 8.87. The molecule has 0 spiro atoms. The number of rotatable bonds is 10.